The summed E-state index contributed by atoms with van der Waals surface area (Å²) in [5.41, 5.74) is 1.41. The minimum atomic E-state index is -0.969. The summed E-state index contributed by atoms with van der Waals surface area (Å²) in [6.45, 7) is 1.33. The second-order valence-corrected chi connectivity index (χ2v) is 11.7. The summed E-state index contributed by atoms with van der Waals surface area (Å²) in [4.78, 5) is 43.9. The van der Waals surface area contributed by atoms with E-state index in [0.29, 0.717) is 44.1 Å². The van der Waals surface area contributed by atoms with Crippen molar-refractivity contribution in [2.45, 2.75) is 17.1 Å². The first-order valence-electron chi connectivity index (χ1n) is 8.80. The Morgan fingerprint density at radius 1 is 0.966 bits per heavy atom. The first-order valence-corrected chi connectivity index (χ1v) is 16.3. The van der Waals surface area contributed by atoms with Crippen LogP contribution in [0.3, 0.4) is 0 Å². The summed E-state index contributed by atoms with van der Waals surface area (Å²) in [5, 5.41) is 27.8. The Bertz CT molecular complexity index is 738. The minimum absolute atomic E-state index is 0.0809. The predicted octanol–water partition coefficient (Wildman–Crippen LogP) is -2.98. The van der Waals surface area contributed by atoms with Gasteiger partial charge < -0.3 is 0 Å². The molecule has 1 unspecified atom stereocenters. The van der Waals surface area contributed by atoms with E-state index in [9.17, 15) is 29.7 Å². The summed E-state index contributed by atoms with van der Waals surface area (Å²) in [6, 6.07) is 5.47. The second-order valence-electron chi connectivity index (χ2n) is 6.67. The summed E-state index contributed by atoms with van der Waals surface area (Å²) < 4.78 is -0.0809. The maximum absolute atomic E-state index is 11.4. The van der Waals surface area contributed by atoms with Crippen LogP contribution in [0, 0.1) is 0 Å². The Hall–Kier alpha value is -1.10. The molecule has 0 saturated carbocycles. The maximum atomic E-state index is 11.4. The molecule has 1 aromatic heterocycles. The van der Waals surface area contributed by atoms with Gasteiger partial charge in [0.05, 0.1) is 0 Å². The van der Waals surface area contributed by atoms with Crippen molar-refractivity contribution in [3.05, 3.63) is 29.6 Å². The van der Waals surface area contributed by atoms with E-state index in [1.807, 2.05) is 23.1 Å². The number of pyridine rings is 1. The Morgan fingerprint density at radius 3 is 2.10 bits per heavy atom. The fraction of sp³-hybridized carbons (Fsp3) is 0.529. The van der Waals surface area contributed by atoms with Gasteiger partial charge in [-0.15, -0.1) is 0 Å². The number of carboxylic acid groups (broad SMARTS) is 3. The molecule has 12 heteroatoms. The Balaban J connectivity index is 2.36. The second kappa shape index (κ2) is 11.9. The van der Waals surface area contributed by atoms with Crippen molar-refractivity contribution in [2.75, 3.05) is 39.3 Å². The van der Waals surface area contributed by atoms with Gasteiger partial charge in [-0.1, -0.05) is 0 Å². The number of fused-ring (bicyclic) bond motifs is 2. The molecule has 2 rings (SSSR count). The van der Waals surface area contributed by atoms with Crippen LogP contribution < -0.4 is 17.2 Å². The molecule has 2 heterocycles. The number of hydrogen-bond acceptors (Lipinski definition) is 7. The van der Waals surface area contributed by atoms with Crippen molar-refractivity contribution in [2.24, 2.45) is 0 Å². The molecule has 0 spiro atoms. The number of nitrogens with zero attached hydrogens (tertiary/aromatic N) is 4. The van der Waals surface area contributed by atoms with Gasteiger partial charge in [-0.05, 0) is 0 Å². The van der Waals surface area contributed by atoms with Gasteiger partial charge in [0.25, 0.3) is 0 Å². The third kappa shape index (κ3) is 8.65. The number of halogens is 2. The molecule has 1 aromatic rings. The van der Waals surface area contributed by atoms with E-state index in [2.05, 4.69) is 23.6 Å². The standard InChI is InChI=1S/C17H23I2N4O6/c18-19-14-8-22(10-16(26)27)5-4-21(9-15(24)25)6-12-2-1-3-13(20-12)7-23(14)11-17(28)29/h1-3,14H,4-11H2,(H,24,25)(H,26,27)(H,28,29)/q-1. The summed E-state index contributed by atoms with van der Waals surface area (Å²) in [7, 11) is 0. The fourth-order valence-corrected chi connectivity index (χ4v) is 7.49. The number of aliphatic carboxylic acids is 3. The predicted molar refractivity (Wildman–Crippen MR) is 107 cm³/mol. The third-order valence-corrected chi connectivity index (χ3v) is 9.67. The first-order chi connectivity index (χ1) is 13.8. The average molecular weight is 633 g/mol. The zero-order chi connectivity index (χ0) is 21.4. The zero-order valence-corrected chi connectivity index (χ0v) is 19.9. The Morgan fingerprint density at radius 2 is 1.52 bits per heavy atom. The van der Waals surface area contributed by atoms with Crippen LogP contribution in [0.4, 0.5) is 0 Å². The molecular weight excluding hydrogens is 610 g/mol. The van der Waals surface area contributed by atoms with Gasteiger partial charge in [-0.2, -0.15) is 0 Å². The monoisotopic (exact) mass is 633 g/mol. The number of carboxylic acids is 3. The quantitative estimate of drug-likeness (QED) is 0.162. The van der Waals surface area contributed by atoms with E-state index < -0.39 is 35.1 Å². The van der Waals surface area contributed by atoms with Gasteiger partial charge in [-0.3, -0.25) is 0 Å². The van der Waals surface area contributed by atoms with Crippen molar-refractivity contribution in [3.8, 4) is 0 Å². The Kier molecular flexibility index (Phi) is 9.94. The number of rotatable bonds is 7. The van der Waals surface area contributed by atoms with Crippen LogP contribution in [0.1, 0.15) is 11.4 Å². The van der Waals surface area contributed by atoms with Crippen LogP contribution in [0.15, 0.2) is 18.2 Å². The first kappa shape index (κ1) is 24.2. The molecule has 29 heavy (non-hydrogen) atoms. The van der Waals surface area contributed by atoms with Crippen molar-refractivity contribution in [1.82, 2.24) is 19.7 Å². The van der Waals surface area contributed by atoms with Crippen molar-refractivity contribution in [3.63, 3.8) is 0 Å². The molecule has 1 aliphatic rings. The molecular formula is C17H23I2N4O6-. The van der Waals surface area contributed by atoms with Gasteiger partial charge in [-0.25, -0.2) is 0 Å². The Labute approximate surface area is 188 Å². The van der Waals surface area contributed by atoms with Crippen molar-refractivity contribution >= 4 is 36.5 Å². The van der Waals surface area contributed by atoms with Gasteiger partial charge >= 0.3 is 189 Å². The average Bonchev–Trinajstić information content (AvgIpc) is 2.61. The van der Waals surface area contributed by atoms with E-state index in [0.717, 1.165) is 0 Å². The molecule has 0 fully saturated rings. The van der Waals surface area contributed by atoms with E-state index in [-0.39, 0.29) is 23.7 Å². The van der Waals surface area contributed by atoms with Gasteiger partial charge in [0, 0.05) is 0 Å². The number of hydrogen-bond donors (Lipinski definition) is 3. The molecule has 3 N–H and O–H groups in total. The molecule has 1 atom stereocenters. The van der Waals surface area contributed by atoms with E-state index in [4.69, 9.17) is 0 Å². The SMILES string of the molecule is O=C(O)CN1CCN(CC(=O)O)CC([I-]I)N(CC(=O)O)Cc2cccc(n2)C1. The van der Waals surface area contributed by atoms with Crippen LogP contribution in [-0.2, 0) is 27.5 Å². The molecule has 0 radical (unpaired) electrons. The number of aromatic nitrogens is 1. The van der Waals surface area contributed by atoms with Crippen molar-refractivity contribution in [1.29, 1.82) is 0 Å². The fourth-order valence-electron chi connectivity index (χ4n) is 3.09. The molecule has 1 aliphatic heterocycles. The van der Waals surface area contributed by atoms with Crippen LogP contribution in [0.2, 0.25) is 0 Å². The van der Waals surface area contributed by atoms with Crippen LogP contribution >= 0.6 is 18.6 Å². The molecule has 0 amide bonds. The van der Waals surface area contributed by atoms with E-state index in [1.165, 1.54) is 0 Å². The molecule has 0 saturated heterocycles. The third-order valence-electron chi connectivity index (χ3n) is 4.30. The van der Waals surface area contributed by atoms with Gasteiger partial charge in [0.15, 0.2) is 0 Å². The van der Waals surface area contributed by atoms with Crippen LogP contribution in [0.5, 0.6) is 0 Å². The van der Waals surface area contributed by atoms with Crippen molar-refractivity contribution < 1.29 is 46.9 Å². The van der Waals surface area contributed by atoms with Gasteiger partial charge in [0.2, 0.25) is 0 Å². The summed E-state index contributed by atoms with van der Waals surface area (Å²) >= 11 is 1.83. The topological polar surface area (TPSA) is 135 Å². The van der Waals surface area contributed by atoms with E-state index >= 15 is 0 Å². The van der Waals surface area contributed by atoms with Gasteiger partial charge in [0.1, 0.15) is 0 Å². The number of alkyl halides is 1. The normalized spacial score (nSPS) is 20.0. The molecule has 2 bridgehead atoms. The van der Waals surface area contributed by atoms with Crippen LogP contribution in [0.25, 0.3) is 0 Å². The summed E-state index contributed by atoms with van der Waals surface area (Å²) in [6.07, 6.45) is 0. The number of carbonyl (C=O) groups is 3. The molecule has 0 aliphatic carbocycles. The molecule has 10 nitrogen and oxygen atoms in total. The zero-order valence-electron chi connectivity index (χ0n) is 15.6. The molecule has 0 aromatic carbocycles. The molecule has 162 valence electrons. The van der Waals surface area contributed by atoms with Crippen LogP contribution in [-0.4, -0.2) is 96.2 Å². The summed E-state index contributed by atoms with van der Waals surface area (Å²) in [5.74, 6) is -2.87. The van der Waals surface area contributed by atoms with E-state index in [1.54, 1.807) is 9.80 Å².